The van der Waals surface area contributed by atoms with E-state index >= 15 is 0 Å². The van der Waals surface area contributed by atoms with Gasteiger partial charge in [0.25, 0.3) is 0 Å². The van der Waals surface area contributed by atoms with E-state index in [1.807, 2.05) is 6.07 Å². The first kappa shape index (κ1) is 17.0. The molecule has 0 aromatic carbocycles. The van der Waals surface area contributed by atoms with Crippen LogP contribution in [-0.4, -0.2) is 14.7 Å². The Kier molecular flexibility index (Phi) is 4.36. The summed E-state index contributed by atoms with van der Waals surface area (Å²) in [7, 11) is 0. The van der Waals surface area contributed by atoms with Crippen molar-refractivity contribution in [2.24, 2.45) is 0 Å². The van der Waals surface area contributed by atoms with Crippen molar-refractivity contribution >= 4 is 11.9 Å². The fourth-order valence-electron chi connectivity index (χ4n) is 3.12. The molecule has 2 aromatic rings. The van der Waals surface area contributed by atoms with Gasteiger partial charge in [0.2, 0.25) is 5.89 Å². The van der Waals surface area contributed by atoms with Crippen molar-refractivity contribution in [2.45, 2.75) is 69.6 Å². The zero-order chi connectivity index (χ0) is 17.6. The average molecular weight is 361 g/mol. The minimum atomic E-state index is -0.364. The second-order valence-electron chi connectivity index (χ2n) is 7.97. The van der Waals surface area contributed by atoms with Gasteiger partial charge in [-0.15, -0.1) is 0 Å². The Hall–Kier alpha value is -1.40. The second-order valence-corrected chi connectivity index (χ2v) is 9.63. The number of nitrogens with one attached hydrogen (secondary N) is 1. The third-order valence-corrected chi connectivity index (χ3v) is 5.58. The van der Waals surface area contributed by atoms with Crippen molar-refractivity contribution in [3.63, 3.8) is 0 Å². The van der Waals surface area contributed by atoms with Crippen molar-refractivity contribution in [3.05, 3.63) is 35.2 Å². The van der Waals surface area contributed by atoms with Crippen molar-refractivity contribution in [1.82, 2.24) is 14.7 Å². The first-order chi connectivity index (χ1) is 11.9. The highest BCUT2D eigenvalue weighted by atomic mass is 32.2. The molecule has 1 N–H and O–H groups in total. The van der Waals surface area contributed by atoms with E-state index in [-0.39, 0.29) is 16.6 Å². The maximum absolute atomic E-state index is 14.3. The number of nitrogens with zero attached hydrogens (tertiary/aromatic N) is 2. The molecular weight excluding hydrogens is 337 g/mol. The van der Waals surface area contributed by atoms with Gasteiger partial charge in [0, 0.05) is 16.4 Å². The largest absolute Gasteiger partial charge is 0.439 e. The molecule has 0 amide bonds. The molecule has 0 aliphatic heterocycles. The van der Waals surface area contributed by atoms with E-state index in [0.29, 0.717) is 17.4 Å². The lowest BCUT2D eigenvalue weighted by Crippen LogP contribution is -2.24. The molecule has 1 unspecified atom stereocenters. The van der Waals surface area contributed by atoms with Crippen LogP contribution < -0.4 is 4.72 Å². The first-order valence-electron chi connectivity index (χ1n) is 8.99. The highest BCUT2D eigenvalue weighted by molar-refractivity contribution is 7.98. The lowest BCUT2D eigenvalue weighted by atomic mass is 9.98. The lowest BCUT2D eigenvalue weighted by molar-refractivity contribution is 0.413. The molecule has 6 heteroatoms. The van der Waals surface area contributed by atoms with E-state index in [1.54, 1.807) is 11.9 Å². The number of aromatic nitrogens is 2. The van der Waals surface area contributed by atoms with Gasteiger partial charge in [-0.25, -0.2) is 9.37 Å². The summed E-state index contributed by atoms with van der Waals surface area (Å²) in [6, 6.07) is 1.94. The number of hydrogen-bond acceptors (Lipinski definition) is 5. The average Bonchev–Trinajstić information content (AvgIpc) is 3.31. The lowest BCUT2D eigenvalue weighted by Gasteiger charge is -2.25. The summed E-state index contributed by atoms with van der Waals surface area (Å²) in [5.74, 6) is 1.36. The quantitative estimate of drug-likeness (QED) is 0.762. The van der Waals surface area contributed by atoms with Gasteiger partial charge >= 0.3 is 0 Å². The molecule has 0 bridgehead atoms. The predicted molar refractivity (Wildman–Crippen MR) is 97.8 cm³/mol. The number of rotatable bonds is 4. The molecule has 2 aliphatic carbocycles. The van der Waals surface area contributed by atoms with E-state index in [2.05, 4.69) is 35.5 Å². The Morgan fingerprint density at radius 3 is 2.80 bits per heavy atom. The smallest absolute Gasteiger partial charge is 0.229 e. The van der Waals surface area contributed by atoms with E-state index < -0.39 is 0 Å². The zero-order valence-electron chi connectivity index (χ0n) is 14.9. The predicted octanol–water partition coefficient (Wildman–Crippen LogP) is 5.17. The van der Waals surface area contributed by atoms with Crippen LogP contribution in [0, 0.1) is 5.82 Å². The molecule has 134 valence electrons. The Bertz CT molecular complexity index is 779. The molecule has 0 saturated heterocycles. The van der Waals surface area contributed by atoms with E-state index in [1.165, 1.54) is 6.20 Å². The Balaban J connectivity index is 1.63. The van der Waals surface area contributed by atoms with Crippen LogP contribution in [0.15, 0.2) is 16.7 Å². The molecule has 4 rings (SSSR count). The van der Waals surface area contributed by atoms with Gasteiger partial charge < -0.3 is 4.42 Å². The van der Waals surface area contributed by atoms with Gasteiger partial charge in [-0.1, -0.05) is 11.9 Å². The van der Waals surface area contributed by atoms with Crippen LogP contribution in [0.25, 0.3) is 11.5 Å². The summed E-state index contributed by atoms with van der Waals surface area (Å²) in [4.78, 5) is 8.83. The normalized spacial score (nSPS) is 20.6. The number of aryl methyl sites for hydroxylation is 1. The summed E-state index contributed by atoms with van der Waals surface area (Å²) in [6.07, 6.45) is 6.54. The topological polar surface area (TPSA) is 51.0 Å². The summed E-state index contributed by atoms with van der Waals surface area (Å²) >= 11 is 1.70. The van der Waals surface area contributed by atoms with Gasteiger partial charge in [0.15, 0.2) is 5.82 Å². The number of hydrogen-bond donors (Lipinski definition) is 1. The molecule has 1 saturated carbocycles. The SMILES string of the molecule is CC(C)(C)SNC1CCCc2nc(-c3cc(C4CC4)ncc3F)oc21. The second kappa shape index (κ2) is 6.40. The van der Waals surface area contributed by atoms with Crippen LogP contribution in [0.2, 0.25) is 0 Å². The third-order valence-electron chi connectivity index (χ3n) is 4.56. The van der Waals surface area contributed by atoms with Crippen LogP contribution in [0.1, 0.15) is 75.6 Å². The van der Waals surface area contributed by atoms with Crippen LogP contribution in [-0.2, 0) is 6.42 Å². The van der Waals surface area contributed by atoms with Crippen molar-refractivity contribution in [3.8, 4) is 11.5 Å². The van der Waals surface area contributed by atoms with Crippen molar-refractivity contribution in [2.75, 3.05) is 0 Å². The molecule has 0 spiro atoms. The minimum absolute atomic E-state index is 0.122. The van der Waals surface area contributed by atoms with E-state index in [9.17, 15) is 4.39 Å². The van der Waals surface area contributed by atoms with E-state index in [0.717, 1.165) is 49.3 Å². The molecule has 4 nitrogen and oxygen atoms in total. The number of pyridine rings is 1. The molecule has 2 aromatic heterocycles. The Morgan fingerprint density at radius 1 is 1.28 bits per heavy atom. The van der Waals surface area contributed by atoms with Crippen LogP contribution in [0.5, 0.6) is 0 Å². The molecule has 2 heterocycles. The number of fused-ring (bicyclic) bond motifs is 1. The molecule has 1 atom stereocenters. The van der Waals surface area contributed by atoms with Crippen molar-refractivity contribution in [1.29, 1.82) is 0 Å². The highest BCUT2D eigenvalue weighted by Gasteiger charge is 2.30. The van der Waals surface area contributed by atoms with Crippen LogP contribution in [0.4, 0.5) is 4.39 Å². The van der Waals surface area contributed by atoms with Crippen LogP contribution in [0.3, 0.4) is 0 Å². The van der Waals surface area contributed by atoms with Gasteiger partial charge in [-0.2, -0.15) is 0 Å². The van der Waals surface area contributed by atoms with Gasteiger partial charge in [0.05, 0.1) is 23.5 Å². The monoisotopic (exact) mass is 361 g/mol. The third kappa shape index (κ3) is 3.75. The van der Waals surface area contributed by atoms with Gasteiger partial charge in [0.1, 0.15) is 5.76 Å². The Labute approximate surface area is 152 Å². The van der Waals surface area contributed by atoms with E-state index in [4.69, 9.17) is 4.42 Å². The zero-order valence-corrected chi connectivity index (χ0v) is 15.8. The summed E-state index contributed by atoms with van der Waals surface area (Å²) in [6.45, 7) is 6.52. The first-order valence-corrected chi connectivity index (χ1v) is 9.81. The number of halogens is 1. The fraction of sp³-hybridized carbons (Fsp3) is 0.579. The molecule has 0 radical (unpaired) electrons. The van der Waals surface area contributed by atoms with Crippen molar-refractivity contribution < 1.29 is 8.81 Å². The molecular formula is C19H24FN3OS. The summed E-state index contributed by atoms with van der Waals surface area (Å²) in [5.41, 5.74) is 2.34. The maximum Gasteiger partial charge on any atom is 0.229 e. The highest BCUT2D eigenvalue weighted by Crippen LogP contribution is 2.41. The summed E-state index contributed by atoms with van der Waals surface area (Å²) in [5, 5.41) is 0. The number of oxazole rings is 1. The van der Waals surface area contributed by atoms with Gasteiger partial charge in [-0.3, -0.25) is 9.71 Å². The van der Waals surface area contributed by atoms with Crippen LogP contribution >= 0.6 is 11.9 Å². The Morgan fingerprint density at radius 2 is 2.08 bits per heavy atom. The minimum Gasteiger partial charge on any atom is -0.439 e. The standard InChI is InChI=1S/C19H24FN3OS/c1-19(2,3)25-23-15-6-4-5-14-17(15)24-18(22-14)12-9-16(11-7-8-11)21-10-13(12)20/h9-11,15,23H,4-8H2,1-3H3. The van der Waals surface area contributed by atoms with Gasteiger partial charge in [-0.05, 0) is 58.9 Å². The summed E-state index contributed by atoms with van der Waals surface area (Å²) < 4.78 is 24.0. The molecule has 1 fully saturated rings. The molecule has 2 aliphatic rings. The maximum atomic E-state index is 14.3. The fourth-order valence-corrected chi connectivity index (χ4v) is 3.84. The molecule has 25 heavy (non-hydrogen) atoms.